The minimum atomic E-state index is -4.72. The average molecular weight is 436 g/mol. The first-order valence-electron chi connectivity index (χ1n) is 9.91. The monoisotopic (exact) mass is 436 g/mol. The molecule has 1 fully saturated rings. The van der Waals surface area contributed by atoms with Gasteiger partial charge in [-0.1, -0.05) is 12.1 Å². The third-order valence-corrected chi connectivity index (χ3v) is 4.69. The maximum atomic E-state index is 13.6. The van der Waals surface area contributed by atoms with Gasteiger partial charge >= 0.3 is 6.18 Å². The van der Waals surface area contributed by atoms with E-state index in [0.29, 0.717) is 30.9 Å². The molecular formula is C22H23F3N2O4. The van der Waals surface area contributed by atoms with Crippen molar-refractivity contribution in [3.63, 3.8) is 0 Å². The molecule has 1 aliphatic heterocycles. The van der Waals surface area contributed by atoms with Crippen molar-refractivity contribution in [3.05, 3.63) is 53.6 Å². The number of carbonyl (C=O) groups is 2. The van der Waals surface area contributed by atoms with Gasteiger partial charge in [-0.2, -0.15) is 13.2 Å². The van der Waals surface area contributed by atoms with Gasteiger partial charge in [-0.3, -0.25) is 9.59 Å². The molecule has 166 valence electrons. The molecule has 0 aromatic heterocycles. The first-order valence-corrected chi connectivity index (χ1v) is 9.91. The van der Waals surface area contributed by atoms with E-state index in [0.717, 1.165) is 18.6 Å². The SMILES string of the molecule is CCOc1ccc(CC(=O)Nc2ccc(NC(=O)C3CCCO3)cc2C(F)(F)F)cc1. The lowest BCUT2D eigenvalue weighted by Crippen LogP contribution is -2.27. The molecule has 9 heteroatoms. The highest BCUT2D eigenvalue weighted by atomic mass is 19.4. The molecule has 0 radical (unpaired) electrons. The summed E-state index contributed by atoms with van der Waals surface area (Å²) in [6.45, 7) is 2.80. The van der Waals surface area contributed by atoms with Gasteiger partial charge < -0.3 is 20.1 Å². The maximum Gasteiger partial charge on any atom is 0.418 e. The van der Waals surface area contributed by atoms with Gasteiger partial charge in [0.2, 0.25) is 5.91 Å². The highest BCUT2D eigenvalue weighted by Crippen LogP contribution is 2.37. The van der Waals surface area contributed by atoms with Crippen molar-refractivity contribution in [1.29, 1.82) is 0 Å². The number of carbonyl (C=O) groups excluding carboxylic acids is 2. The van der Waals surface area contributed by atoms with Crippen LogP contribution in [0.25, 0.3) is 0 Å². The lowest BCUT2D eigenvalue weighted by atomic mass is 10.1. The minimum Gasteiger partial charge on any atom is -0.494 e. The van der Waals surface area contributed by atoms with Crippen LogP contribution in [0.15, 0.2) is 42.5 Å². The van der Waals surface area contributed by atoms with E-state index in [1.165, 1.54) is 6.07 Å². The standard InChI is InChI=1S/C22H23F3N2O4/c1-2-30-16-8-5-14(6-9-16)12-20(28)27-18-10-7-15(13-17(18)22(23,24)25)26-21(29)19-4-3-11-31-19/h5-10,13,19H,2-4,11-12H2,1H3,(H,26,29)(H,27,28). The van der Waals surface area contributed by atoms with Crippen molar-refractivity contribution in [2.45, 2.75) is 38.5 Å². The van der Waals surface area contributed by atoms with Crippen molar-refractivity contribution in [3.8, 4) is 5.75 Å². The summed E-state index contributed by atoms with van der Waals surface area (Å²) in [4.78, 5) is 24.4. The first kappa shape index (κ1) is 22.6. The molecule has 2 amide bonds. The van der Waals surface area contributed by atoms with Crippen LogP contribution in [0.1, 0.15) is 30.9 Å². The fourth-order valence-electron chi connectivity index (χ4n) is 3.22. The molecule has 0 spiro atoms. The first-order chi connectivity index (χ1) is 14.8. The third kappa shape index (κ3) is 6.21. The molecule has 0 bridgehead atoms. The quantitative estimate of drug-likeness (QED) is 0.675. The lowest BCUT2D eigenvalue weighted by molar-refractivity contribution is -0.137. The van der Waals surface area contributed by atoms with Crippen LogP contribution in [0.2, 0.25) is 0 Å². The fourth-order valence-corrected chi connectivity index (χ4v) is 3.22. The van der Waals surface area contributed by atoms with Gasteiger partial charge in [-0.15, -0.1) is 0 Å². The highest BCUT2D eigenvalue weighted by molar-refractivity contribution is 5.96. The molecule has 1 atom stereocenters. The van der Waals surface area contributed by atoms with Crippen LogP contribution in [-0.2, 0) is 26.9 Å². The van der Waals surface area contributed by atoms with Gasteiger partial charge in [0.15, 0.2) is 0 Å². The van der Waals surface area contributed by atoms with E-state index in [2.05, 4.69) is 10.6 Å². The van der Waals surface area contributed by atoms with Crippen molar-refractivity contribution in [2.24, 2.45) is 0 Å². The Morgan fingerprint density at radius 1 is 1.13 bits per heavy atom. The largest absolute Gasteiger partial charge is 0.494 e. The van der Waals surface area contributed by atoms with Crippen LogP contribution in [0.5, 0.6) is 5.75 Å². The van der Waals surface area contributed by atoms with E-state index in [1.54, 1.807) is 24.3 Å². The topological polar surface area (TPSA) is 76.7 Å². The number of hydrogen-bond donors (Lipinski definition) is 2. The smallest absolute Gasteiger partial charge is 0.418 e. The van der Waals surface area contributed by atoms with E-state index >= 15 is 0 Å². The molecule has 31 heavy (non-hydrogen) atoms. The van der Waals surface area contributed by atoms with E-state index in [9.17, 15) is 22.8 Å². The second-order valence-electron chi connectivity index (χ2n) is 7.05. The molecule has 6 nitrogen and oxygen atoms in total. The summed E-state index contributed by atoms with van der Waals surface area (Å²) in [5.74, 6) is -0.435. The van der Waals surface area contributed by atoms with E-state index in [1.807, 2.05) is 6.92 Å². The predicted octanol–water partition coefficient (Wildman–Crippen LogP) is 4.40. The Balaban J connectivity index is 1.70. The zero-order valence-electron chi connectivity index (χ0n) is 16.9. The van der Waals surface area contributed by atoms with Gasteiger partial charge in [0, 0.05) is 12.3 Å². The van der Waals surface area contributed by atoms with Crippen molar-refractivity contribution in [2.75, 3.05) is 23.8 Å². The number of nitrogens with one attached hydrogen (secondary N) is 2. The second-order valence-corrected chi connectivity index (χ2v) is 7.05. The number of halogens is 3. The Hall–Kier alpha value is -3.07. The summed E-state index contributed by atoms with van der Waals surface area (Å²) in [6, 6.07) is 9.99. The number of ether oxygens (including phenoxy) is 2. The molecule has 1 heterocycles. The van der Waals surface area contributed by atoms with Crippen LogP contribution >= 0.6 is 0 Å². The molecule has 2 aromatic carbocycles. The number of amides is 2. The molecule has 1 unspecified atom stereocenters. The van der Waals surface area contributed by atoms with Gasteiger partial charge in [0.25, 0.3) is 5.91 Å². The van der Waals surface area contributed by atoms with Gasteiger partial charge in [0.1, 0.15) is 11.9 Å². The maximum absolute atomic E-state index is 13.6. The Bertz CT molecular complexity index is 923. The van der Waals surface area contributed by atoms with E-state index in [4.69, 9.17) is 9.47 Å². The molecule has 1 saturated heterocycles. The Morgan fingerprint density at radius 3 is 2.48 bits per heavy atom. The van der Waals surface area contributed by atoms with E-state index < -0.39 is 29.7 Å². The molecule has 1 aliphatic rings. The van der Waals surface area contributed by atoms with Crippen molar-refractivity contribution >= 4 is 23.2 Å². The van der Waals surface area contributed by atoms with Crippen LogP contribution in [0, 0.1) is 0 Å². The summed E-state index contributed by atoms with van der Waals surface area (Å²) >= 11 is 0. The second kappa shape index (κ2) is 9.82. The number of benzene rings is 2. The van der Waals surface area contributed by atoms with Gasteiger partial charge in [0.05, 0.1) is 24.3 Å². The Kier molecular flexibility index (Phi) is 7.17. The zero-order valence-corrected chi connectivity index (χ0v) is 16.9. The zero-order chi connectivity index (χ0) is 22.4. The predicted molar refractivity (Wildman–Crippen MR) is 109 cm³/mol. The highest BCUT2D eigenvalue weighted by Gasteiger charge is 2.34. The molecule has 0 aliphatic carbocycles. The average Bonchev–Trinajstić information content (AvgIpc) is 3.25. The number of anilines is 2. The number of alkyl halides is 3. The lowest BCUT2D eigenvalue weighted by Gasteiger charge is -2.17. The Labute approximate surface area is 177 Å². The van der Waals surface area contributed by atoms with Crippen molar-refractivity contribution in [1.82, 2.24) is 0 Å². The summed E-state index contributed by atoms with van der Waals surface area (Å²) in [5, 5.41) is 4.76. The van der Waals surface area contributed by atoms with Crippen LogP contribution in [-0.4, -0.2) is 31.1 Å². The molecule has 3 rings (SSSR count). The summed E-state index contributed by atoms with van der Waals surface area (Å²) in [7, 11) is 0. The normalized spacial score (nSPS) is 16.1. The Morgan fingerprint density at radius 2 is 1.87 bits per heavy atom. The number of rotatable bonds is 7. The summed E-state index contributed by atoms with van der Waals surface area (Å²) in [6.07, 6.45) is -4.22. The molecule has 0 saturated carbocycles. The van der Waals surface area contributed by atoms with Crippen LogP contribution in [0.3, 0.4) is 0 Å². The minimum absolute atomic E-state index is 0.0164. The van der Waals surface area contributed by atoms with Gasteiger partial charge in [-0.25, -0.2) is 0 Å². The molecular weight excluding hydrogens is 413 g/mol. The third-order valence-electron chi connectivity index (χ3n) is 4.69. The number of hydrogen-bond acceptors (Lipinski definition) is 4. The van der Waals surface area contributed by atoms with Crippen LogP contribution in [0.4, 0.5) is 24.5 Å². The van der Waals surface area contributed by atoms with Gasteiger partial charge in [-0.05, 0) is 55.7 Å². The molecule has 2 N–H and O–H groups in total. The summed E-state index contributed by atoms with van der Waals surface area (Å²) < 4.78 is 51.2. The van der Waals surface area contributed by atoms with Crippen molar-refractivity contribution < 1.29 is 32.2 Å². The fraction of sp³-hybridized carbons (Fsp3) is 0.364. The summed E-state index contributed by atoms with van der Waals surface area (Å²) in [5.41, 5.74) is -0.802. The molecule has 2 aromatic rings. The van der Waals surface area contributed by atoms with E-state index in [-0.39, 0.29) is 17.8 Å². The van der Waals surface area contributed by atoms with Crippen LogP contribution < -0.4 is 15.4 Å².